The lowest BCUT2D eigenvalue weighted by Gasteiger charge is -2.28. The summed E-state index contributed by atoms with van der Waals surface area (Å²) in [6, 6.07) is 17.9. The van der Waals surface area contributed by atoms with Gasteiger partial charge in [-0.1, -0.05) is 36.4 Å². The molecule has 1 saturated heterocycles. The van der Waals surface area contributed by atoms with Crippen LogP contribution in [0.25, 0.3) is 21.7 Å². The summed E-state index contributed by atoms with van der Waals surface area (Å²) in [5.41, 5.74) is 0.731. The first-order valence-electron chi connectivity index (χ1n) is 10.4. The SMILES string of the molecule is COCCn1c(C2CCCN2c2nccc3ccccc23)nc2ccccc2c1=O. The topological polar surface area (TPSA) is 60.2 Å². The molecule has 0 saturated carbocycles. The maximum absolute atomic E-state index is 13.3. The van der Waals surface area contributed by atoms with Crippen LogP contribution in [0.2, 0.25) is 0 Å². The Labute approximate surface area is 174 Å². The van der Waals surface area contributed by atoms with Crippen LogP contribution in [-0.4, -0.2) is 34.8 Å². The Hall–Kier alpha value is -3.25. The van der Waals surface area contributed by atoms with E-state index in [1.807, 2.05) is 48.7 Å². The molecule has 6 nitrogen and oxygen atoms in total. The number of hydrogen-bond acceptors (Lipinski definition) is 5. The minimum atomic E-state index is -0.00891. The summed E-state index contributed by atoms with van der Waals surface area (Å²) >= 11 is 0. The average molecular weight is 400 g/mol. The molecule has 0 spiro atoms. The van der Waals surface area contributed by atoms with E-state index < -0.39 is 0 Å². The van der Waals surface area contributed by atoms with Gasteiger partial charge in [-0.25, -0.2) is 9.97 Å². The number of aromatic nitrogens is 3. The van der Waals surface area contributed by atoms with Crippen LogP contribution in [0.15, 0.2) is 65.6 Å². The van der Waals surface area contributed by atoms with Gasteiger partial charge < -0.3 is 9.64 Å². The first-order valence-corrected chi connectivity index (χ1v) is 10.4. The molecule has 30 heavy (non-hydrogen) atoms. The molecule has 1 unspecified atom stereocenters. The van der Waals surface area contributed by atoms with Crippen molar-refractivity contribution in [2.75, 3.05) is 25.2 Å². The van der Waals surface area contributed by atoms with Gasteiger partial charge in [0.2, 0.25) is 0 Å². The highest BCUT2D eigenvalue weighted by Crippen LogP contribution is 2.37. The molecule has 1 aliphatic heterocycles. The number of pyridine rings is 1. The minimum Gasteiger partial charge on any atom is -0.383 e. The fraction of sp³-hybridized carbons (Fsp3) is 0.292. The van der Waals surface area contributed by atoms with Gasteiger partial charge in [0.1, 0.15) is 11.6 Å². The average Bonchev–Trinajstić information content (AvgIpc) is 3.27. The quantitative estimate of drug-likeness (QED) is 0.508. The van der Waals surface area contributed by atoms with E-state index in [0.717, 1.165) is 47.3 Å². The number of benzene rings is 2. The van der Waals surface area contributed by atoms with E-state index in [-0.39, 0.29) is 11.6 Å². The number of rotatable bonds is 5. The van der Waals surface area contributed by atoms with E-state index in [9.17, 15) is 4.79 Å². The first-order chi connectivity index (χ1) is 14.8. The van der Waals surface area contributed by atoms with Crippen LogP contribution in [0.5, 0.6) is 0 Å². The summed E-state index contributed by atoms with van der Waals surface area (Å²) in [4.78, 5) is 25.3. The highest BCUT2D eigenvalue weighted by Gasteiger charge is 2.32. The Kier molecular flexibility index (Phi) is 4.93. The second-order valence-corrected chi connectivity index (χ2v) is 7.64. The number of methoxy groups -OCH3 is 1. The first kappa shape index (κ1) is 18.8. The second-order valence-electron chi connectivity index (χ2n) is 7.64. The summed E-state index contributed by atoms with van der Waals surface area (Å²) in [6.45, 7) is 1.83. The van der Waals surface area contributed by atoms with Crippen molar-refractivity contribution in [3.63, 3.8) is 0 Å². The van der Waals surface area contributed by atoms with E-state index in [1.165, 1.54) is 0 Å². The van der Waals surface area contributed by atoms with Crippen molar-refractivity contribution in [1.82, 2.24) is 14.5 Å². The molecule has 6 heteroatoms. The van der Waals surface area contributed by atoms with Crippen LogP contribution in [-0.2, 0) is 11.3 Å². The third kappa shape index (κ3) is 3.13. The predicted octanol–water partition coefficient (Wildman–Crippen LogP) is 3.93. The van der Waals surface area contributed by atoms with Crippen LogP contribution in [0.3, 0.4) is 0 Å². The molecule has 152 valence electrons. The maximum Gasteiger partial charge on any atom is 0.261 e. The molecule has 0 N–H and O–H groups in total. The Morgan fingerprint density at radius 2 is 1.87 bits per heavy atom. The van der Waals surface area contributed by atoms with Crippen molar-refractivity contribution in [2.24, 2.45) is 0 Å². The van der Waals surface area contributed by atoms with Crippen LogP contribution in [0, 0.1) is 0 Å². The zero-order valence-corrected chi connectivity index (χ0v) is 17.0. The molecule has 2 aromatic heterocycles. The number of nitrogens with zero attached hydrogens (tertiary/aromatic N) is 4. The third-order valence-electron chi connectivity index (χ3n) is 5.89. The zero-order chi connectivity index (χ0) is 20.5. The minimum absolute atomic E-state index is 0.00234. The second kappa shape index (κ2) is 7.88. The lowest BCUT2D eigenvalue weighted by molar-refractivity contribution is 0.184. The zero-order valence-electron chi connectivity index (χ0n) is 17.0. The Morgan fingerprint density at radius 3 is 2.73 bits per heavy atom. The standard InChI is InChI=1S/C24H24N4O2/c1-30-16-15-28-23(26-20-10-5-4-9-19(20)24(28)29)21-11-6-14-27(21)22-18-8-3-2-7-17(18)12-13-25-22/h2-5,7-10,12-13,21H,6,11,14-16H2,1H3. The predicted molar refractivity (Wildman–Crippen MR) is 119 cm³/mol. The van der Waals surface area contributed by atoms with Gasteiger partial charge in [-0.15, -0.1) is 0 Å². The van der Waals surface area contributed by atoms with Gasteiger partial charge in [-0.3, -0.25) is 9.36 Å². The van der Waals surface area contributed by atoms with Gasteiger partial charge in [-0.05, 0) is 36.4 Å². The van der Waals surface area contributed by atoms with Gasteiger partial charge in [-0.2, -0.15) is 0 Å². The van der Waals surface area contributed by atoms with Crippen molar-refractivity contribution < 1.29 is 4.74 Å². The van der Waals surface area contributed by atoms with Gasteiger partial charge in [0.25, 0.3) is 5.56 Å². The van der Waals surface area contributed by atoms with E-state index in [1.54, 1.807) is 11.7 Å². The fourth-order valence-corrected chi connectivity index (χ4v) is 4.46. The molecule has 0 bridgehead atoms. The normalized spacial score (nSPS) is 16.6. The van der Waals surface area contributed by atoms with E-state index in [2.05, 4.69) is 17.0 Å². The Morgan fingerprint density at radius 1 is 1.07 bits per heavy atom. The summed E-state index contributed by atoms with van der Waals surface area (Å²) in [6.07, 6.45) is 3.82. The smallest absolute Gasteiger partial charge is 0.261 e. The molecule has 5 rings (SSSR count). The third-order valence-corrected chi connectivity index (χ3v) is 5.89. The molecule has 1 aliphatic rings. The molecular weight excluding hydrogens is 376 g/mol. The Bertz CT molecular complexity index is 1260. The van der Waals surface area contributed by atoms with E-state index in [4.69, 9.17) is 14.7 Å². The summed E-state index contributed by atoms with van der Waals surface area (Å²) in [7, 11) is 1.65. The van der Waals surface area contributed by atoms with Crippen LogP contribution < -0.4 is 10.5 Å². The van der Waals surface area contributed by atoms with E-state index >= 15 is 0 Å². The summed E-state index contributed by atoms with van der Waals surface area (Å²) in [5.74, 6) is 1.75. The maximum atomic E-state index is 13.3. The van der Waals surface area contributed by atoms with Crippen molar-refractivity contribution in [3.05, 3.63) is 77.0 Å². The molecule has 1 atom stereocenters. The Balaban J connectivity index is 1.67. The number of anilines is 1. The lowest BCUT2D eigenvalue weighted by atomic mass is 10.1. The van der Waals surface area contributed by atoms with Gasteiger partial charge in [0, 0.05) is 25.2 Å². The van der Waals surface area contributed by atoms with E-state index in [0.29, 0.717) is 18.5 Å². The number of fused-ring (bicyclic) bond motifs is 2. The van der Waals surface area contributed by atoms with Gasteiger partial charge >= 0.3 is 0 Å². The molecule has 3 heterocycles. The molecule has 0 radical (unpaired) electrons. The van der Waals surface area contributed by atoms with Crippen molar-refractivity contribution in [3.8, 4) is 0 Å². The van der Waals surface area contributed by atoms with Crippen LogP contribution in [0.1, 0.15) is 24.7 Å². The fourth-order valence-electron chi connectivity index (χ4n) is 4.46. The van der Waals surface area contributed by atoms with Crippen molar-refractivity contribution >= 4 is 27.5 Å². The molecular formula is C24H24N4O2. The number of ether oxygens (including phenoxy) is 1. The summed E-state index contributed by atoms with van der Waals surface area (Å²) in [5, 5.41) is 2.93. The van der Waals surface area contributed by atoms with Crippen molar-refractivity contribution in [1.29, 1.82) is 0 Å². The summed E-state index contributed by atoms with van der Waals surface area (Å²) < 4.78 is 7.08. The monoisotopic (exact) mass is 400 g/mol. The largest absolute Gasteiger partial charge is 0.383 e. The molecule has 4 aromatic rings. The van der Waals surface area contributed by atoms with Crippen LogP contribution >= 0.6 is 0 Å². The highest BCUT2D eigenvalue weighted by atomic mass is 16.5. The highest BCUT2D eigenvalue weighted by molar-refractivity contribution is 5.92. The van der Waals surface area contributed by atoms with Gasteiger partial charge in [0.15, 0.2) is 0 Å². The molecule has 1 fully saturated rings. The molecule has 0 amide bonds. The number of para-hydroxylation sites is 1. The van der Waals surface area contributed by atoms with Gasteiger partial charge in [0.05, 0.1) is 30.1 Å². The van der Waals surface area contributed by atoms with Crippen LogP contribution in [0.4, 0.5) is 5.82 Å². The lowest BCUT2D eigenvalue weighted by Crippen LogP contribution is -2.33. The molecule has 2 aromatic carbocycles. The number of hydrogen-bond donors (Lipinski definition) is 0. The molecule has 0 aliphatic carbocycles. The van der Waals surface area contributed by atoms with Crippen molar-refractivity contribution in [2.45, 2.75) is 25.4 Å².